The van der Waals surface area contributed by atoms with E-state index in [1.54, 1.807) is 4.90 Å². The summed E-state index contributed by atoms with van der Waals surface area (Å²) in [5.41, 5.74) is 0. The van der Waals surface area contributed by atoms with Crippen molar-refractivity contribution < 1.29 is 18.8 Å². The molecular weight excluding hydrogens is 324 g/mol. The Bertz CT molecular complexity index is 597. The molecule has 0 aromatic carbocycles. The van der Waals surface area contributed by atoms with Gasteiger partial charge in [-0.2, -0.15) is 4.98 Å². The first-order valence-electron chi connectivity index (χ1n) is 9.17. The number of ether oxygens (including phenoxy) is 1. The van der Waals surface area contributed by atoms with E-state index in [1.807, 2.05) is 11.8 Å². The van der Waals surface area contributed by atoms with Crippen molar-refractivity contribution in [1.82, 2.24) is 19.9 Å². The number of hydrogen-bond donors (Lipinski definition) is 0. The molecule has 0 spiro atoms. The highest BCUT2D eigenvalue weighted by molar-refractivity contribution is 5.83. The summed E-state index contributed by atoms with van der Waals surface area (Å²) in [6, 6.07) is 0. The topological polar surface area (TPSA) is 88.8 Å². The van der Waals surface area contributed by atoms with E-state index in [1.165, 1.54) is 6.42 Å². The normalized spacial score (nSPS) is 21.4. The van der Waals surface area contributed by atoms with Gasteiger partial charge in [-0.3, -0.25) is 9.59 Å². The fourth-order valence-corrected chi connectivity index (χ4v) is 3.25. The average molecular weight is 350 g/mol. The van der Waals surface area contributed by atoms with Gasteiger partial charge in [0.1, 0.15) is 0 Å². The molecule has 2 aliphatic heterocycles. The maximum atomic E-state index is 12.6. The van der Waals surface area contributed by atoms with E-state index in [2.05, 4.69) is 10.1 Å². The smallest absolute Gasteiger partial charge is 0.253 e. The molecule has 3 rings (SSSR count). The maximum absolute atomic E-state index is 12.6. The van der Waals surface area contributed by atoms with Crippen molar-refractivity contribution in [2.45, 2.75) is 51.6 Å². The molecule has 2 fully saturated rings. The summed E-state index contributed by atoms with van der Waals surface area (Å²) in [5, 5.41) is 3.83. The molecule has 1 aromatic rings. The fourth-order valence-electron chi connectivity index (χ4n) is 3.25. The summed E-state index contributed by atoms with van der Waals surface area (Å²) < 4.78 is 10.7. The molecule has 25 heavy (non-hydrogen) atoms. The van der Waals surface area contributed by atoms with Gasteiger partial charge in [0.05, 0.1) is 13.2 Å². The third-order valence-corrected chi connectivity index (χ3v) is 4.74. The van der Waals surface area contributed by atoms with Crippen molar-refractivity contribution >= 4 is 11.8 Å². The number of hydrogen-bond acceptors (Lipinski definition) is 6. The van der Waals surface area contributed by atoms with Crippen molar-refractivity contribution in [2.75, 3.05) is 32.8 Å². The van der Waals surface area contributed by atoms with Crippen LogP contribution in [-0.2, 0) is 27.2 Å². The van der Waals surface area contributed by atoms with E-state index >= 15 is 0 Å². The average Bonchev–Trinajstić information content (AvgIpc) is 3.14. The minimum absolute atomic E-state index is 0.00371. The first-order chi connectivity index (χ1) is 12.2. The Hall–Kier alpha value is -1.96. The van der Waals surface area contributed by atoms with Gasteiger partial charge < -0.3 is 19.1 Å². The molecule has 1 aromatic heterocycles. The fraction of sp³-hybridized carbons (Fsp3) is 0.765. The molecule has 0 bridgehead atoms. The Kier molecular flexibility index (Phi) is 6.01. The van der Waals surface area contributed by atoms with Crippen LogP contribution in [0.2, 0.25) is 0 Å². The van der Waals surface area contributed by atoms with Crippen LogP contribution in [0, 0.1) is 0 Å². The number of amides is 2. The van der Waals surface area contributed by atoms with Gasteiger partial charge in [0, 0.05) is 38.9 Å². The number of aryl methyl sites for hydroxylation is 2. The largest absolute Gasteiger partial charge is 0.365 e. The van der Waals surface area contributed by atoms with E-state index in [0.29, 0.717) is 50.7 Å². The second-order valence-corrected chi connectivity index (χ2v) is 6.54. The zero-order valence-electron chi connectivity index (χ0n) is 14.8. The van der Waals surface area contributed by atoms with Crippen molar-refractivity contribution in [2.24, 2.45) is 0 Å². The summed E-state index contributed by atoms with van der Waals surface area (Å²) in [7, 11) is 0. The van der Waals surface area contributed by atoms with Crippen LogP contribution >= 0.6 is 0 Å². The lowest BCUT2D eigenvalue weighted by Crippen LogP contribution is -2.53. The van der Waals surface area contributed by atoms with Gasteiger partial charge in [0.2, 0.25) is 11.8 Å². The Balaban J connectivity index is 1.49. The number of aromatic nitrogens is 2. The predicted octanol–water partition coefficient (Wildman–Crippen LogP) is 0.805. The van der Waals surface area contributed by atoms with Gasteiger partial charge in [0.25, 0.3) is 5.91 Å². The van der Waals surface area contributed by atoms with Crippen LogP contribution in [0.3, 0.4) is 0 Å². The van der Waals surface area contributed by atoms with Crippen LogP contribution in [0.25, 0.3) is 0 Å². The van der Waals surface area contributed by atoms with E-state index in [0.717, 1.165) is 25.9 Å². The van der Waals surface area contributed by atoms with Crippen LogP contribution in [0.15, 0.2) is 4.52 Å². The Morgan fingerprint density at radius 2 is 1.96 bits per heavy atom. The lowest BCUT2D eigenvalue weighted by molar-refractivity contribution is -0.155. The van der Waals surface area contributed by atoms with Crippen LogP contribution < -0.4 is 0 Å². The zero-order chi connectivity index (χ0) is 17.6. The van der Waals surface area contributed by atoms with Crippen molar-refractivity contribution in [1.29, 1.82) is 0 Å². The number of carbonyl (C=O) groups excluding carboxylic acids is 2. The first kappa shape index (κ1) is 17.8. The van der Waals surface area contributed by atoms with Gasteiger partial charge >= 0.3 is 0 Å². The molecule has 0 aliphatic carbocycles. The molecule has 8 heteroatoms. The summed E-state index contributed by atoms with van der Waals surface area (Å²) in [6.45, 7) is 4.79. The van der Waals surface area contributed by atoms with E-state index in [-0.39, 0.29) is 11.8 Å². The summed E-state index contributed by atoms with van der Waals surface area (Å²) in [5.74, 6) is 1.15. The quantitative estimate of drug-likeness (QED) is 0.781. The number of morpholine rings is 1. The lowest BCUT2D eigenvalue weighted by Gasteiger charge is -2.36. The number of likely N-dealkylation sites (tertiary alicyclic amines) is 1. The van der Waals surface area contributed by atoms with Gasteiger partial charge in [0.15, 0.2) is 11.9 Å². The molecule has 3 heterocycles. The molecule has 1 atom stereocenters. The van der Waals surface area contributed by atoms with Gasteiger partial charge in [-0.05, 0) is 19.3 Å². The summed E-state index contributed by atoms with van der Waals surface area (Å²) in [4.78, 5) is 32.8. The second kappa shape index (κ2) is 8.42. The van der Waals surface area contributed by atoms with Crippen LogP contribution in [0.4, 0.5) is 0 Å². The molecule has 2 amide bonds. The Morgan fingerprint density at radius 3 is 2.68 bits per heavy atom. The van der Waals surface area contributed by atoms with Crippen LogP contribution in [0.5, 0.6) is 0 Å². The second-order valence-electron chi connectivity index (χ2n) is 6.54. The van der Waals surface area contributed by atoms with Gasteiger partial charge in [-0.15, -0.1) is 0 Å². The summed E-state index contributed by atoms with van der Waals surface area (Å²) >= 11 is 0. The molecule has 138 valence electrons. The minimum Gasteiger partial charge on any atom is -0.365 e. The lowest BCUT2D eigenvalue weighted by atomic mass is 10.1. The molecular formula is C17H26N4O4. The molecule has 0 radical (unpaired) electrons. The Morgan fingerprint density at radius 1 is 1.16 bits per heavy atom. The van der Waals surface area contributed by atoms with Gasteiger partial charge in [-0.1, -0.05) is 12.1 Å². The van der Waals surface area contributed by atoms with Crippen molar-refractivity contribution in [3.8, 4) is 0 Å². The minimum atomic E-state index is -0.536. The number of piperidine rings is 1. The highest BCUT2D eigenvalue weighted by Gasteiger charge is 2.32. The molecule has 0 saturated carbocycles. The molecule has 0 N–H and O–H groups in total. The first-order valence-corrected chi connectivity index (χ1v) is 9.17. The Labute approximate surface area is 147 Å². The van der Waals surface area contributed by atoms with Gasteiger partial charge in [-0.25, -0.2) is 0 Å². The van der Waals surface area contributed by atoms with Crippen molar-refractivity contribution in [3.05, 3.63) is 11.7 Å². The molecule has 2 aliphatic rings. The SMILES string of the molecule is CCc1noc(CCC(=O)N2CCO[C@H](C(=O)N3CCCCC3)C2)n1. The van der Waals surface area contributed by atoms with E-state index in [9.17, 15) is 9.59 Å². The van der Waals surface area contributed by atoms with Crippen LogP contribution in [-0.4, -0.2) is 70.6 Å². The highest BCUT2D eigenvalue weighted by Crippen LogP contribution is 2.15. The standard InChI is InChI=1S/C17H26N4O4/c1-2-14-18-15(25-19-14)6-7-16(22)21-10-11-24-13(12-21)17(23)20-8-4-3-5-9-20/h13H,2-12H2,1H3/t13-/m0/s1. The molecule has 8 nitrogen and oxygen atoms in total. The van der Waals surface area contributed by atoms with Crippen LogP contribution in [0.1, 0.15) is 44.3 Å². The van der Waals surface area contributed by atoms with Crippen molar-refractivity contribution in [3.63, 3.8) is 0 Å². The number of carbonyl (C=O) groups is 2. The highest BCUT2D eigenvalue weighted by atomic mass is 16.5. The van der Waals surface area contributed by atoms with E-state index in [4.69, 9.17) is 9.26 Å². The molecule has 2 saturated heterocycles. The van der Waals surface area contributed by atoms with E-state index < -0.39 is 6.10 Å². The third kappa shape index (κ3) is 4.56. The molecule has 0 unspecified atom stereocenters. The number of rotatable bonds is 5. The third-order valence-electron chi connectivity index (χ3n) is 4.74. The summed E-state index contributed by atoms with van der Waals surface area (Å²) in [6.07, 6.45) is 4.17. The monoisotopic (exact) mass is 350 g/mol. The zero-order valence-corrected chi connectivity index (χ0v) is 14.8. The number of nitrogens with zero attached hydrogens (tertiary/aromatic N) is 4. The predicted molar refractivity (Wildman–Crippen MR) is 88.7 cm³/mol. The maximum Gasteiger partial charge on any atom is 0.253 e.